The van der Waals surface area contributed by atoms with Crippen LogP contribution in [0.15, 0.2) is 30.5 Å². The third-order valence-electron chi connectivity index (χ3n) is 2.80. The summed E-state index contributed by atoms with van der Waals surface area (Å²) in [6.45, 7) is 4.03. The predicted octanol–water partition coefficient (Wildman–Crippen LogP) is 1.44. The first-order chi connectivity index (χ1) is 10.1. The molecule has 1 aromatic heterocycles. The van der Waals surface area contributed by atoms with Gasteiger partial charge in [-0.05, 0) is 26.0 Å². The van der Waals surface area contributed by atoms with E-state index < -0.39 is 12.1 Å². The Bertz CT molecular complexity index is 613. The maximum absolute atomic E-state index is 12.0. The molecule has 21 heavy (non-hydrogen) atoms. The Morgan fingerprint density at radius 2 is 2.29 bits per heavy atom. The number of esters is 1. The largest absolute Gasteiger partial charge is 0.462 e. The van der Waals surface area contributed by atoms with E-state index in [4.69, 9.17) is 4.74 Å². The minimum atomic E-state index is -0.514. The number of hydrogen-bond acceptors (Lipinski definition) is 5. The number of rotatable bonds is 6. The van der Waals surface area contributed by atoms with Crippen molar-refractivity contribution in [1.82, 2.24) is 15.3 Å². The summed E-state index contributed by atoms with van der Waals surface area (Å²) in [6.07, 6.45) is 1.00. The SMILES string of the molecule is CCOC(=O)C(=CNC[C@@H](C)O)c1nc2ccccc2[nH]1. The maximum Gasteiger partial charge on any atom is 0.343 e. The first-order valence-electron chi connectivity index (χ1n) is 6.85. The minimum absolute atomic E-state index is 0.285. The Hall–Kier alpha value is -2.34. The van der Waals surface area contributed by atoms with Crippen LogP contribution >= 0.6 is 0 Å². The molecule has 0 saturated heterocycles. The molecule has 1 atom stereocenters. The fraction of sp³-hybridized carbons (Fsp3) is 0.333. The summed E-state index contributed by atoms with van der Waals surface area (Å²) >= 11 is 0. The highest BCUT2D eigenvalue weighted by Crippen LogP contribution is 2.17. The van der Waals surface area contributed by atoms with E-state index in [1.165, 1.54) is 6.20 Å². The van der Waals surface area contributed by atoms with Gasteiger partial charge in [0, 0.05) is 12.7 Å². The van der Waals surface area contributed by atoms with E-state index in [1.807, 2.05) is 24.3 Å². The predicted molar refractivity (Wildman–Crippen MR) is 80.4 cm³/mol. The Balaban J connectivity index is 2.31. The Kier molecular flexibility index (Phi) is 4.94. The smallest absolute Gasteiger partial charge is 0.343 e. The molecule has 2 aromatic rings. The van der Waals surface area contributed by atoms with Crippen molar-refractivity contribution in [2.24, 2.45) is 0 Å². The number of hydrogen-bond donors (Lipinski definition) is 3. The van der Waals surface area contributed by atoms with Gasteiger partial charge in [-0.3, -0.25) is 0 Å². The van der Waals surface area contributed by atoms with Gasteiger partial charge >= 0.3 is 5.97 Å². The van der Waals surface area contributed by atoms with E-state index in [0.29, 0.717) is 17.9 Å². The number of imidazole rings is 1. The van der Waals surface area contributed by atoms with Crippen LogP contribution in [0.1, 0.15) is 19.7 Å². The van der Waals surface area contributed by atoms with Crippen LogP contribution in [0.25, 0.3) is 16.6 Å². The van der Waals surface area contributed by atoms with Gasteiger partial charge in [0.25, 0.3) is 0 Å². The second-order valence-electron chi connectivity index (χ2n) is 4.64. The van der Waals surface area contributed by atoms with Crippen LogP contribution in [0.5, 0.6) is 0 Å². The third kappa shape index (κ3) is 3.82. The van der Waals surface area contributed by atoms with Crippen LogP contribution in [0.3, 0.4) is 0 Å². The standard InChI is InChI=1S/C15H19N3O3/c1-3-21-15(20)11(9-16-8-10(2)19)14-17-12-6-4-5-7-13(12)18-14/h4-7,9-10,16,19H,3,8H2,1-2H3,(H,17,18)/t10-/m1/s1. The van der Waals surface area contributed by atoms with Crippen molar-refractivity contribution < 1.29 is 14.6 Å². The van der Waals surface area contributed by atoms with Gasteiger partial charge in [-0.25, -0.2) is 9.78 Å². The molecule has 3 N–H and O–H groups in total. The molecule has 1 aromatic carbocycles. The molecular weight excluding hydrogens is 270 g/mol. The normalized spacial score (nSPS) is 13.2. The van der Waals surface area contributed by atoms with Crippen LogP contribution in [-0.2, 0) is 9.53 Å². The van der Waals surface area contributed by atoms with E-state index in [2.05, 4.69) is 15.3 Å². The highest BCUT2D eigenvalue weighted by molar-refractivity contribution is 6.15. The molecule has 0 bridgehead atoms. The summed E-state index contributed by atoms with van der Waals surface area (Å²) in [7, 11) is 0. The number of benzene rings is 1. The van der Waals surface area contributed by atoms with E-state index in [1.54, 1.807) is 13.8 Å². The summed E-state index contributed by atoms with van der Waals surface area (Å²) in [5.74, 6) is -0.0256. The highest BCUT2D eigenvalue weighted by Gasteiger charge is 2.17. The molecule has 0 fully saturated rings. The fourth-order valence-electron chi connectivity index (χ4n) is 1.84. The van der Waals surface area contributed by atoms with Crippen LogP contribution in [0.2, 0.25) is 0 Å². The number of para-hydroxylation sites is 2. The van der Waals surface area contributed by atoms with E-state index in [9.17, 15) is 9.90 Å². The number of fused-ring (bicyclic) bond motifs is 1. The van der Waals surface area contributed by atoms with Crippen LogP contribution in [0, 0.1) is 0 Å². The molecule has 6 heteroatoms. The van der Waals surface area contributed by atoms with Crippen molar-refractivity contribution >= 4 is 22.6 Å². The molecular formula is C15H19N3O3. The molecule has 0 aliphatic heterocycles. The van der Waals surface area contributed by atoms with E-state index >= 15 is 0 Å². The Morgan fingerprint density at radius 1 is 1.52 bits per heavy atom. The topological polar surface area (TPSA) is 87.2 Å². The molecule has 0 aliphatic carbocycles. The lowest BCUT2D eigenvalue weighted by atomic mass is 10.2. The van der Waals surface area contributed by atoms with E-state index in [-0.39, 0.29) is 6.61 Å². The van der Waals surface area contributed by atoms with Crippen molar-refractivity contribution in [3.8, 4) is 0 Å². The number of aliphatic hydroxyl groups excluding tert-OH is 1. The van der Waals surface area contributed by atoms with Gasteiger partial charge in [-0.15, -0.1) is 0 Å². The lowest BCUT2D eigenvalue weighted by molar-refractivity contribution is -0.136. The number of aromatic nitrogens is 2. The first-order valence-corrected chi connectivity index (χ1v) is 6.85. The molecule has 0 saturated carbocycles. The van der Waals surface area contributed by atoms with Crippen molar-refractivity contribution in [2.45, 2.75) is 20.0 Å². The van der Waals surface area contributed by atoms with Gasteiger partial charge < -0.3 is 20.1 Å². The van der Waals surface area contributed by atoms with Crippen molar-refractivity contribution in [3.63, 3.8) is 0 Å². The van der Waals surface area contributed by atoms with Crippen molar-refractivity contribution in [3.05, 3.63) is 36.3 Å². The van der Waals surface area contributed by atoms with Crippen LogP contribution < -0.4 is 5.32 Å². The third-order valence-corrected chi connectivity index (χ3v) is 2.80. The second kappa shape index (κ2) is 6.90. The number of ether oxygens (including phenoxy) is 1. The molecule has 0 amide bonds. The second-order valence-corrected chi connectivity index (χ2v) is 4.64. The summed E-state index contributed by atoms with van der Waals surface area (Å²) in [6, 6.07) is 7.52. The van der Waals surface area contributed by atoms with Gasteiger partial charge in [0.05, 0.1) is 23.7 Å². The average Bonchev–Trinajstić information content (AvgIpc) is 2.86. The number of aliphatic hydroxyl groups is 1. The van der Waals surface area contributed by atoms with Crippen molar-refractivity contribution in [2.75, 3.05) is 13.2 Å². The summed E-state index contributed by atoms with van der Waals surface area (Å²) < 4.78 is 5.04. The van der Waals surface area contributed by atoms with Crippen LogP contribution in [-0.4, -0.2) is 40.3 Å². The Labute approximate surface area is 122 Å². The number of nitrogens with one attached hydrogen (secondary N) is 2. The number of aromatic amines is 1. The van der Waals surface area contributed by atoms with Crippen LogP contribution in [0.4, 0.5) is 0 Å². The summed E-state index contributed by atoms with van der Waals surface area (Å²) in [5, 5.41) is 12.2. The zero-order chi connectivity index (χ0) is 15.2. The molecule has 0 unspecified atom stereocenters. The molecule has 6 nitrogen and oxygen atoms in total. The molecule has 0 aliphatic rings. The monoisotopic (exact) mass is 289 g/mol. The number of carbonyl (C=O) groups is 1. The first kappa shape index (κ1) is 15.1. The minimum Gasteiger partial charge on any atom is -0.462 e. The van der Waals surface area contributed by atoms with Gasteiger partial charge in [0.1, 0.15) is 11.4 Å². The van der Waals surface area contributed by atoms with Gasteiger partial charge in [0.2, 0.25) is 0 Å². The van der Waals surface area contributed by atoms with Gasteiger partial charge in [-0.2, -0.15) is 0 Å². The van der Waals surface area contributed by atoms with Gasteiger partial charge in [0.15, 0.2) is 0 Å². The zero-order valence-corrected chi connectivity index (χ0v) is 12.1. The van der Waals surface area contributed by atoms with Gasteiger partial charge in [-0.1, -0.05) is 12.1 Å². The quantitative estimate of drug-likeness (QED) is 0.553. The number of H-pyrrole nitrogens is 1. The molecule has 2 rings (SSSR count). The number of carbonyl (C=O) groups excluding carboxylic acids is 1. The molecule has 0 spiro atoms. The molecule has 112 valence electrons. The molecule has 0 radical (unpaired) electrons. The summed E-state index contributed by atoms with van der Waals surface area (Å²) in [5.41, 5.74) is 1.92. The Morgan fingerprint density at radius 3 is 2.95 bits per heavy atom. The fourth-order valence-corrected chi connectivity index (χ4v) is 1.84. The lowest BCUT2D eigenvalue weighted by Gasteiger charge is -2.07. The zero-order valence-electron chi connectivity index (χ0n) is 12.1. The van der Waals surface area contributed by atoms with E-state index in [0.717, 1.165) is 11.0 Å². The highest BCUT2D eigenvalue weighted by atomic mass is 16.5. The molecule has 1 heterocycles. The average molecular weight is 289 g/mol. The lowest BCUT2D eigenvalue weighted by Crippen LogP contribution is -2.21. The maximum atomic E-state index is 12.0. The summed E-state index contributed by atoms with van der Waals surface area (Å²) in [4.78, 5) is 19.5. The van der Waals surface area contributed by atoms with Crippen molar-refractivity contribution in [1.29, 1.82) is 0 Å². The number of nitrogens with zero attached hydrogens (tertiary/aromatic N) is 1.